The molecule has 2 aromatic rings. The van der Waals surface area contributed by atoms with Crippen molar-refractivity contribution in [3.05, 3.63) is 18.3 Å². The normalized spacial score (nSPS) is 17.8. The molecule has 1 aliphatic heterocycles. The zero-order valence-electron chi connectivity index (χ0n) is 11.9. The van der Waals surface area contributed by atoms with Crippen LogP contribution < -0.4 is 10.5 Å². The third kappa shape index (κ3) is 2.57. The van der Waals surface area contributed by atoms with Gasteiger partial charge < -0.3 is 15.2 Å². The molecule has 2 heterocycles. The highest BCUT2D eigenvalue weighted by Crippen LogP contribution is 2.28. The lowest BCUT2D eigenvalue weighted by Crippen LogP contribution is -2.42. The van der Waals surface area contributed by atoms with Crippen LogP contribution in [0.25, 0.3) is 10.9 Å². The Balaban J connectivity index is 1.96. The quantitative estimate of drug-likeness (QED) is 0.658. The van der Waals surface area contributed by atoms with Gasteiger partial charge in [-0.25, -0.2) is 4.68 Å². The third-order valence-corrected chi connectivity index (χ3v) is 3.69. The molecule has 1 aliphatic rings. The third-order valence-electron chi connectivity index (χ3n) is 3.69. The van der Waals surface area contributed by atoms with E-state index in [-0.39, 0.29) is 0 Å². The Bertz CT molecular complexity index is 649. The molecule has 1 fully saturated rings. The first kappa shape index (κ1) is 13.8. The van der Waals surface area contributed by atoms with Crippen LogP contribution in [0.15, 0.2) is 18.3 Å². The molecule has 1 atom stereocenters. The van der Waals surface area contributed by atoms with Gasteiger partial charge in [-0.1, -0.05) is 0 Å². The van der Waals surface area contributed by atoms with E-state index in [0.717, 1.165) is 17.2 Å². The van der Waals surface area contributed by atoms with Gasteiger partial charge in [-0.2, -0.15) is 5.10 Å². The Morgan fingerprint density at radius 2 is 2.19 bits per heavy atom. The summed E-state index contributed by atoms with van der Waals surface area (Å²) in [7, 11) is 1.57. The number of hydrogen-bond donors (Lipinski definition) is 1. The Labute approximate surface area is 122 Å². The van der Waals surface area contributed by atoms with Gasteiger partial charge in [0.1, 0.15) is 5.75 Å². The first-order valence-corrected chi connectivity index (χ1v) is 6.82. The molecule has 7 heteroatoms. The fraction of sp³-hybridized carbons (Fsp3) is 0.429. The van der Waals surface area contributed by atoms with Crippen molar-refractivity contribution >= 4 is 22.9 Å². The van der Waals surface area contributed by atoms with E-state index in [1.54, 1.807) is 23.9 Å². The number of nitrogens with zero attached hydrogens (tertiary/aromatic N) is 3. The van der Waals surface area contributed by atoms with E-state index in [1.807, 2.05) is 11.1 Å². The summed E-state index contributed by atoms with van der Waals surface area (Å²) in [5, 5.41) is 5.36. The van der Waals surface area contributed by atoms with E-state index >= 15 is 0 Å². The van der Waals surface area contributed by atoms with E-state index < -0.39 is 6.17 Å². The van der Waals surface area contributed by atoms with E-state index in [1.165, 1.54) is 0 Å². The van der Waals surface area contributed by atoms with Crippen LogP contribution in [0.1, 0.15) is 6.17 Å². The molecular formula is C14H18N4O3. The summed E-state index contributed by atoms with van der Waals surface area (Å²) >= 11 is 0. The van der Waals surface area contributed by atoms with Crippen LogP contribution in [0.4, 0.5) is 5.69 Å². The van der Waals surface area contributed by atoms with Crippen molar-refractivity contribution in [2.75, 3.05) is 39.1 Å². The number of fused-ring (bicyclic) bond motifs is 1. The number of ether oxygens (including phenoxy) is 2. The summed E-state index contributed by atoms with van der Waals surface area (Å²) in [5.41, 5.74) is 7.20. The number of carbonyl (C=O) groups is 1. The number of morpholine rings is 1. The predicted octanol–water partition coefficient (Wildman–Crippen LogP) is 0.657. The summed E-state index contributed by atoms with van der Waals surface area (Å²) in [6, 6.07) is 3.58. The number of aldehydes is 1. The van der Waals surface area contributed by atoms with Crippen molar-refractivity contribution in [3.63, 3.8) is 0 Å². The molecule has 3 rings (SSSR count). The average Bonchev–Trinajstić information content (AvgIpc) is 2.90. The van der Waals surface area contributed by atoms with Crippen LogP contribution in [0.3, 0.4) is 0 Å². The molecule has 21 heavy (non-hydrogen) atoms. The number of benzene rings is 1. The zero-order valence-corrected chi connectivity index (χ0v) is 11.9. The van der Waals surface area contributed by atoms with Gasteiger partial charge in [0.15, 0.2) is 12.5 Å². The predicted molar refractivity (Wildman–Crippen MR) is 78.2 cm³/mol. The van der Waals surface area contributed by atoms with Crippen LogP contribution in [0, 0.1) is 0 Å². The highest BCUT2D eigenvalue weighted by molar-refractivity contribution is 5.85. The number of anilines is 1. The number of nitrogens with two attached hydrogens (primary N) is 1. The molecule has 0 spiro atoms. The van der Waals surface area contributed by atoms with E-state index in [9.17, 15) is 4.79 Å². The van der Waals surface area contributed by atoms with Crippen LogP contribution in [0.2, 0.25) is 0 Å². The Morgan fingerprint density at radius 3 is 2.86 bits per heavy atom. The van der Waals surface area contributed by atoms with Crippen molar-refractivity contribution < 1.29 is 14.3 Å². The van der Waals surface area contributed by atoms with Gasteiger partial charge in [-0.3, -0.25) is 9.69 Å². The summed E-state index contributed by atoms with van der Waals surface area (Å²) in [6.07, 6.45) is 2.31. The number of hydrogen-bond acceptors (Lipinski definition) is 6. The van der Waals surface area contributed by atoms with Gasteiger partial charge in [0.25, 0.3) is 0 Å². The van der Waals surface area contributed by atoms with E-state index in [4.69, 9.17) is 15.2 Å². The Hall–Kier alpha value is -2.12. The minimum absolute atomic E-state index is 0.423. The molecule has 7 nitrogen and oxygen atoms in total. The molecule has 0 amide bonds. The minimum Gasteiger partial charge on any atom is -0.495 e. The second kappa shape index (κ2) is 5.71. The fourth-order valence-corrected chi connectivity index (χ4v) is 2.56. The lowest BCUT2D eigenvalue weighted by Gasteiger charge is -2.31. The topological polar surface area (TPSA) is 82.6 Å². The van der Waals surface area contributed by atoms with Crippen LogP contribution in [-0.4, -0.2) is 54.4 Å². The van der Waals surface area contributed by atoms with E-state index in [2.05, 4.69) is 5.10 Å². The molecule has 2 N–H and O–H groups in total. The van der Waals surface area contributed by atoms with Crippen molar-refractivity contribution in [2.45, 2.75) is 6.17 Å². The molecule has 112 valence electrons. The molecule has 0 bridgehead atoms. The summed E-state index contributed by atoms with van der Waals surface area (Å²) in [5.74, 6) is 0.585. The first-order valence-electron chi connectivity index (χ1n) is 6.82. The number of methoxy groups -OCH3 is 1. The molecule has 0 radical (unpaired) electrons. The maximum Gasteiger partial charge on any atom is 0.160 e. The Morgan fingerprint density at radius 1 is 1.43 bits per heavy atom. The smallest absolute Gasteiger partial charge is 0.160 e. The number of nitrogen functional groups attached to an aromatic ring is 1. The highest BCUT2D eigenvalue weighted by Gasteiger charge is 2.23. The Kier molecular flexibility index (Phi) is 3.76. The summed E-state index contributed by atoms with van der Waals surface area (Å²) in [6.45, 7) is 2.69. The molecule has 1 aromatic heterocycles. The average molecular weight is 290 g/mol. The van der Waals surface area contributed by atoms with Crippen LogP contribution in [0.5, 0.6) is 5.75 Å². The largest absolute Gasteiger partial charge is 0.495 e. The van der Waals surface area contributed by atoms with Crippen molar-refractivity contribution in [3.8, 4) is 5.75 Å². The molecule has 1 unspecified atom stereocenters. The molecule has 1 saturated heterocycles. The van der Waals surface area contributed by atoms with Gasteiger partial charge in [0.2, 0.25) is 0 Å². The first-order chi connectivity index (χ1) is 10.2. The zero-order chi connectivity index (χ0) is 14.8. The second-order valence-corrected chi connectivity index (χ2v) is 4.96. The summed E-state index contributed by atoms with van der Waals surface area (Å²) < 4.78 is 12.2. The lowest BCUT2D eigenvalue weighted by molar-refractivity contribution is -0.118. The van der Waals surface area contributed by atoms with Crippen LogP contribution >= 0.6 is 0 Å². The number of carbonyl (C=O) groups excluding carboxylic acids is 1. The van der Waals surface area contributed by atoms with Crippen molar-refractivity contribution in [1.29, 1.82) is 0 Å². The summed E-state index contributed by atoms with van der Waals surface area (Å²) in [4.78, 5) is 13.5. The van der Waals surface area contributed by atoms with E-state index in [0.29, 0.717) is 37.7 Å². The molecule has 1 aromatic carbocycles. The molecule has 0 aliphatic carbocycles. The SMILES string of the molecule is COc1cc2nn(C(C=O)N3CCOCC3)cc2cc1N. The maximum absolute atomic E-state index is 11.5. The monoisotopic (exact) mass is 290 g/mol. The van der Waals surface area contributed by atoms with Crippen LogP contribution in [-0.2, 0) is 9.53 Å². The van der Waals surface area contributed by atoms with Gasteiger partial charge in [-0.15, -0.1) is 0 Å². The molecule has 0 saturated carbocycles. The van der Waals surface area contributed by atoms with Gasteiger partial charge in [0.05, 0.1) is 31.5 Å². The second-order valence-electron chi connectivity index (χ2n) is 4.96. The highest BCUT2D eigenvalue weighted by atomic mass is 16.5. The van der Waals surface area contributed by atoms with Gasteiger partial charge >= 0.3 is 0 Å². The maximum atomic E-state index is 11.5. The fourth-order valence-electron chi connectivity index (χ4n) is 2.56. The number of rotatable bonds is 4. The van der Waals surface area contributed by atoms with Gasteiger partial charge in [-0.05, 0) is 6.07 Å². The molecular weight excluding hydrogens is 272 g/mol. The van der Waals surface area contributed by atoms with Gasteiger partial charge in [0, 0.05) is 30.7 Å². The van der Waals surface area contributed by atoms with Crippen molar-refractivity contribution in [2.24, 2.45) is 0 Å². The standard InChI is InChI=1S/C14H18N4O3/c1-20-13-7-12-10(6-11(13)15)8-18(16-12)14(9-19)17-2-4-21-5-3-17/h6-9,14H,2-5,15H2,1H3. The number of aromatic nitrogens is 2. The van der Waals surface area contributed by atoms with Crippen molar-refractivity contribution in [1.82, 2.24) is 14.7 Å². The minimum atomic E-state index is -0.423. The lowest BCUT2D eigenvalue weighted by atomic mass is 10.2.